The third-order valence-corrected chi connectivity index (χ3v) is 7.19. The van der Waals surface area contributed by atoms with Crippen molar-refractivity contribution in [2.75, 3.05) is 36.5 Å². The number of morpholine rings is 1. The smallest absolute Gasteiger partial charge is 0.339 e. The van der Waals surface area contributed by atoms with E-state index in [-0.39, 0.29) is 17.4 Å². The molecule has 2 N–H and O–H groups in total. The van der Waals surface area contributed by atoms with Gasteiger partial charge in [-0.15, -0.1) is 11.3 Å². The highest BCUT2D eigenvalue weighted by molar-refractivity contribution is 7.15. The van der Waals surface area contributed by atoms with E-state index in [1.54, 1.807) is 12.1 Å². The molecule has 1 aliphatic carbocycles. The fourth-order valence-electron chi connectivity index (χ4n) is 4.64. The predicted octanol–water partition coefficient (Wildman–Crippen LogP) is 4.61. The second-order valence-corrected chi connectivity index (χ2v) is 8.97. The van der Waals surface area contributed by atoms with Gasteiger partial charge in [0.25, 0.3) is 5.91 Å². The minimum Gasteiger partial charge on any atom is -0.478 e. The SMILES string of the molecule is O=C(Nc1scc(C2CCc3ccccc32)c1C(=O)O)c1ccc(N2CCOCC2)cc1. The largest absolute Gasteiger partial charge is 0.478 e. The average Bonchev–Trinajstić information content (AvgIpc) is 3.43. The van der Waals surface area contributed by atoms with Gasteiger partial charge in [-0.3, -0.25) is 4.79 Å². The van der Waals surface area contributed by atoms with Crippen molar-refractivity contribution in [2.45, 2.75) is 18.8 Å². The van der Waals surface area contributed by atoms with Gasteiger partial charge in [-0.25, -0.2) is 4.79 Å². The van der Waals surface area contributed by atoms with E-state index < -0.39 is 5.97 Å². The Labute approximate surface area is 190 Å². The van der Waals surface area contributed by atoms with Crippen molar-refractivity contribution in [3.63, 3.8) is 0 Å². The number of carbonyl (C=O) groups is 2. The summed E-state index contributed by atoms with van der Waals surface area (Å²) in [6.07, 6.45) is 1.82. The summed E-state index contributed by atoms with van der Waals surface area (Å²) in [5, 5.41) is 15.1. The highest BCUT2D eigenvalue weighted by atomic mass is 32.1. The number of aromatic carboxylic acids is 1. The maximum atomic E-state index is 12.9. The number of benzene rings is 2. The minimum absolute atomic E-state index is 0.0482. The number of carboxylic acid groups (broad SMARTS) is 1. The number of aryl methyl sites for hydroxylation is 1. The summed E-state index contributed by atoms with van der Waals surface area (Å²) < 4.78 is 5.39. The van der Waals surface area contributed by atoms with Gasteiger partial charge in [0.1, 0.15) is 5.00 Å². The fraction of sp³-hybridized carbons (Fsp3) is 0.280. The number of amides is 1. The number of thiophene rings is 1. The molecule has 32 heavy (non-hydrogen) atoms. The van der Waals surface area contributed by atoms with Gasteiger partial charge in [-0.2, -0.15) is 0 Å². The van der Waals surface area contributed by atoms with Crippen molar-refractivity contribution in [2.24, 2.45) is 0 Å². The van der Waals surface area contributed by atoms with Crippen molar-refractivity contribution >= 4 is 33.9 Å². The number of nitrogens with one attached hydrogen (secondary N) is 1. The molecule has 0 radical (unpaired) electrons. The molecule has 0 saturated carbocycles. The minimum atomic E-state index is -1.01. The van der Waals surface area contributed by atoms with Crippen molar-refractivity contribution in [1.29, 1.82) is 0 Å². The van der Waals surface area contributed by atoms with E-state index in [0.717, 1.165) is 37.2 Å². The lowest BCUT2D eigenvalue weighted by Crippen LogP contribution is -2.36. The number of ether oxygens (including phenoxy) is 1. The zero-order valence-corrected chi connectivity index (χ0v) is 18.4. The maximum Gasteiger partial charge on any atom is 0.339 e. The average molecular weight is 449 g/mol. The molecule has 1 saturated heterocycles. The third-order valence-electron chi connectivity index (χ3n) is 6.27. The van der Waals surface area contributed by atoms with Gasteiger partial charge < -0.3 is 20.1 Å². The summed E-state index contributed by atoms with van der Waals surface area (Å²) in [6.45, 7) is 3.06. The summed E-state index contributed by atoms with van der Waals surface area (Å²) >= 11 is 1.28. The van der Waals surface area contributed by atoms with Crippen molar-refractivity contribution in [1.82, 2.24) is 0 Å². The van der Waals surface area contributed by atoms with Gasteiger partial charge in [0.05, 0.1) is 18.8 Å². The third kappa shape index (κ3) is 3.89. The van der Waals surface area contributed by atoms with E-state index in [9.17, 15) is 14.7 Å². The Morgan fingerprint density at radius 1 is 1.03 bits per heavy atom. The molecule has 164 valence electrons. The van der Waals surface area contributed by atoms with Crippen LogP contribution in [-0.4, -0.2) is 43.3 Å². The number of carbonyl (C=O) groups excluding carboxylic acids is 1. The van der Waals surface area contributed by atoms with E-state index in [0.29, 0.717) is 23.8 Å². The molecule has 1 unspecified atom stereocenters. The molecule has 0 spiro atoms. The molecule has 2 heterocycles. The number of anilines is 2. The van der Waals surface area contributed by atoms with Gasteiger partial charge >= 0.3 is 5.97 Å². The lowest BCUT2D eigenvalue weighted by Gasteiger charge is -2.28. The molecule has 5 rings (SSSR count). The number of nitrogens with zero attached hydrogens (tertiary/aromatic N) is 1. The van der Waals surface area contributed by atoms with Gasteiger partial charge in [-0.05, 0) is 59.2 Å². The normalized spacial score (nSPS) is 17.8. The number of fused-ring (bicyclic) bond motifs is 1. The Morgan fingerprint density at radius 2 is 1.78 bits per heavy atom. The van der Waals surface area contributed by atoms with Crippen molar-refractivity contribution in [3.05, 3.63) is 81.7 Å². The number of rotatable bonds is 5. The molecule has 1 aliphatic heterocycles. The fourth-order valence-corrected chi connectivity index (χ4v) is 5.64. The van der Waals surface area contributed by atoms with Crippen LogP contribution >= 0.6 is 11.3 Å². The van der Waals surface area contributed by atoms with Crippen LogP contribution < -0.4 is 10.2 Å². The molecule has 1 fully saturated rings. The van der Waals surface area contributed by atoms with Crippen LogP contribution in [0.4, 0.5) is 10.7 Å². The quantitative estimate of drug-likeness (QED) is 0.596. The summed E-state index contributed by atoms with van der Waals surface area (Å²) in [6, 6.07) is 15.6. The topological polar surface area (TPSA) is 78.9 Å². The lowest BCUT2D eigenvalue weighted by atomic mass is 9.92. The Morgan fingerprint density at radius 3 is 2.53 bits per heavy atom. The van der Waals surface area contributed by atoms with Crippen molar-refractivity contribution < 1.29 is 19.4 Å². The highest BCUT2D eigenvalue weighted by Gasteiger charge is 2.30. The second kappa shape index (κ2) is 8.76. The lowest BCUT2D eigenvalue weighted by molar-refractivity contribution is 0.0697. The molecule has 2 aliphatic rings. The first-order chi connectivity index (χ1) is 15.6. The van der Waals surface area contributed by atoms with E-state index >= 15 is 0 Å². The van der Waals surface area contributed by atoms with E-state index in [4.69, 9.17) is 4.74 Å². The maximum absolute atomic E-state index is 12.9. The number of hydrogen-bond donors (Lipinski definition) is 2. The molecule has 7 heteroatoms. The zero-order valence-electron chi connectivity index (χ0n) is 17.5. The van der Waals surface area contributed by atoms with Gasteiger partial charge in [0.2, 0.25) is 0 Å². The Balaban J connectivity index is 1.36. The highest BCUT2D eigenvalue weighted by Crippen LogP contribution is 2.43. The number of carboxylic acids is 1. The standard InChI is InChI=1S/C25H24N2O4S/c28-23(17-5-8-18(9-6-17)27-11-13-31-14-12-27)26-24-22(25(29)30)21(15-32-24)20-10-7-16-3-1-2-4-19(16)20/h1-6,8-9,15,20H,7,10-14H2,(H,26,28)(H,29,30). The summed E-state index contributed by atoms with van der Waals surface area (Å²) in [5.41, 5.74) is 4.99. The van der Waals surface area contributed by atoms with Crippen LogP contribution in [0.2, 0.25) is 0 Å². The Bertz CT molecular complexity index is 1150. The Kier molecular flexibility index (Phi) is 5.68. The molecule has 1 atom stereocenters. The first-order valence-corrected chi connectivity index (χ1v) is 11.7. The van der Waals surface area contributed by atoms with Crippen LogP contribution in [0.5, 0.6) is 0 Å². The molecule has 1 aromatic heterocycles. The summed E-state index contributed by atoms with van der Waals surface area (Å²) in [7, 11) is 0. The van der Waals surface area contributed by atoms with Gasteiger partial charge in [-0.1, -0.05) is 24.3 Å². The Hall–Kier alpha value is -3.16. The molecule has 1 amide bonds. The van der Waals surface area contributed by atoms with E-state index in [2.05, 4.69) is 22.3 Å². The van der Waals surface area contributed by atoms with Crippen molar-refractivity contribution in [3.8, 4) is 0 Å². The molecule has 2 aromatic carbocycles. The molecule has 6 nitrogen and oxygen atoms in total. The molecule has 3 aromatic rings. The molecule has 0 bridgehead atoms. The van der Waals surface area contributed by atoms with Crippen LogP contribution in [0.15, 0.2) is 53.9 Å². The van der Waals surface area contributed by atoms with Gasteiger partial charge in [0.15, 0.2) is 0 Å². The van der Waals surface area contributed by atoms with Crippen LogP contribution in [0.1, 0.15) is 49.7 Å². The predicted molar refractivity (Wildman–Crippen MR) is 125 cm³/mol. The van der Waals surface area contributed by atoms with Crippen LogP contribution in [0, 0.1) is 0 Å². The first kappa shape index (κ1) is 20.7. The number of hydrogen-bond acceptors (Lipinski definition) is 5. The monoisotopic (exact) mass is 448 g/mol. The first-order valence-electron chi connectivity index (χ1n) is 10.8. The van der Waals surface area contributed by atoms with Gasteiger partial charge in [0, 0.05) is 30.3 Å². The van der Waals surface area contributed by atoms with Crippen LogP contribution in [0.25, 0.3) is 0 Å². The summed E-state index contributed by atoms with van der Waals surface area (Å²) in [4.78, 5) is 27.2. The summed E-state index contributed by atoms with van der Waals surface area (Å²) in [5.74, 6) is -1.27. The van der Waals surface area contributed by atoms with Crippen LogP contribution in [-0.2, 0) is 11.2 Å². The zero-order chi connectivity index (χ0) is 22.1. The molecular formula is C25H24N2O4S. The van der Waals surface area contributed by atoms with Crippen LogP contribution in [0.3, 0.4) is 0 Å². The molecular weight excluding hydrogens is 424 g/mol. The second-order valence-electron chi connectivity index (χ2n) is 8.09. The van der Waals surface area contributed by atoms with E-state index in [1.165, 1.54) is 22.5 Å². The van der Waals surface area contributed by atoms with E-state index in [1.807, 2.05) is 29.6 Å².